The van der Waals surface area contributed by atoms with Crippen molar-refractivity contribution in [2.45, 2.75) is 32.0 Å². The predicted molar refractivity (Wildman–Crippen MR) is 82.2 cm³/mol. The third-order valence-electron chi connectivity index (χ3n) is 3.60. The van der Waals surface area contributed by atoms with Gasteiger partial charge in [-0.15, -0.1) is 11.3 Å². The van der Waals surface area contributed by atoms with Gasteiger partial charge in [-0.25, -0.2) is 15.0 Å². The number of rotatable bonds is 4. The van der Waals surface area contributed by atoms with Crippen LogP contribution in [0.2, 0.25) is 0 Å². The van der Waals surface area contributed by atoms with Crippen LogP contribution in [0.4, 0.5) is 5.95 Å². The fraction of sp³-hybridized carbons (Fsp3) is 0.500. The first-order chi connectivity index (χ1) is 10.2. The van der Waals surface area contributed by atoms with Crippen molar-refractivity contribution in [3.05, 3.63) is 34.5 Å². The molecular formula is C14H19N5OS. The molecule has 6 nitrogen and oxygen atoms in total. The molecule has 3 heterocycles. The molecule has 1 fully saturated rings. The molecule has 2 N–H and O–H groups in total. The Morgan fingerprint density at radius 1 is 1.43 bits per heavy atom. The zero-order chi connectivity index (χ0) is 14.7. The first kappa shape index (κ1) is 14.4. The molecule has 2 atom stereocenters. The topological polar surface area (TPSA) is 74.2 Å². The van der Waals surface area contributed by atoms with Crippen molar-refractivity contribution in [2.75, 3.05) is 18.4 Å². The lowest BCUT2D eigenvalue weighted by Gasteiger charge is -2.35. The number of anilines is 1. The molecule has 1 saturated heterocycles. The summed E-state index contributed by atoms with van der Waals surface area (Å²) in [7, 11) is 0. The van der Waals surface area contributed by atoms with Crippen molar-refractivity contribution < 1.29 is 5.11 Å². The third kappa shape index (κ3) is 3.75. The number of nitrogens with zero attached hydrogens (tertiary/aromatic N) is 4. The molecule has 0 amide bonds. The summed E-state index contributed by atoms with van der Waals surface area (Å²) in [5.74, 6) is 0.574. The Morgan fingerprint density at radius 3 is 2.90 bits per heavy atom. The maximum atomic E-state index is 10.3. The Bertz CT molecular complexity index is 576. The maximum absolute atomic E-state index is 10.3. The van der Waals surface area contributed by atoms with E-state index in [2.05, 4.69) is 30.5 Å². The highest BCUT2D eigenvalue weighted by Crippen LogP contribution is 2.18. The van der Waals surface area contributed by atoms with E-state index in [1.807, 2.05) is 6.92 Å². The Hall–Kier alpha value is -1.57. The van der Waals surface area contributed by atoms with Crippen LogP contribution in [0.15, 0.2) is 23.8 Å². The molecule has 1 aliphatic heterocycles. The molecule has 0 bridgehead atoms. The fourth-order valence-electron chi connectivity index (χ4n) is 2.56. The smallest absolute Gasteiger partial charge is 0.222 e. The number of aryl methyl sites for hydroxylation is 1. The molecule has 0 aromatic carbocycles. The van der Waals surface area contributed by atoms with Gasteiger partial charge in [-0.05, 0) is 19.4 Å². The van der Waals surface area contributed by atoms with Crippen molar-refractivity contribution in [1.29, 1.82) is 0 Å². The van der Waals surface area contributed by atoms with E-state index in [1.165, 1.54) is 0 Å². The normalized spacial score (nSPS) is 23.1. The average Bonchev–Trinajstić information content (AvgIpc) is 2.88. The Labute approximate surface area is 127 Å². The lowest BCUT2D eigenvalue weighted by molar-refractivity contribution is 0.0554. The molecular weight excluding hydrogens is 286 g/mol. The number of hydrogen-bond acceptors (Lipinski definition) is 7. The summed E-state index contributed by atoms with van der Waals surface area (Å²) < 4.78 is 0. The van der Waals surface area contributed by atoms with Crippen LogP contribution in [0.5, 0.6) is 0 Å². The third-order valence-corrected chi connectivity index (χ3v) is 4.42. The summed E-state index contributed by atoms with van der Waals surface area (Å²) in [6.45, 7) is 4.38. The van der Waals surface area contributed by atoms with Crippen LogP contribution >= 0.6 is 11.3 Å². The molecule has 1 aliphatic rings. The van der Waals surface area contributed by atoms with Crippen molar-refractivity contribution in [1.82, 2.24) is 19.9 Å². The van der Waals surface area contributed by atoms with Gasteiger partial charge >= 0.3 is 0 Å². The molecule has 0 aliphatic carbocycles. The highest BCUT2D eigenvalue weighted by atomic mass is 32.1. The first-order valence-electron chi connectivity index (χ1n) is 7.05. The van der Waals surface area contributed by atoms with Crippen LogP contribution in [0.1, 0.15) is 17.1 Å². The number of aromatic nitrogens is 3. The van der Waals surface area contributed by atoms with Crippen LogP contribution in [-0.4, -0.2) is 50.2 Å². The quantitative estimate of drug-likeness (QED) is 0.886. The SMILES string of the molecule is Cc1nc(CN2CC[C@@H](Nc3ncccn3)[C@H](O)C2)cs1. The summed E-state index contributed by atoms with van der Waals surface area (Å²) in [6, 6.07) is 1.78. The van der Waals surface area contributed by atoms with Gasteiger partial charge in [0.15, 0.2) is 0 Å². The van der Waals surface area contributed by atoms with Gasteiger partial charge in [0.25, 0.3) is 0 Å². The van der Waals surface area contributed by atoms with Gasteiger partial charge in [-0.3, -0.25) is 4.90 Å². The van der Waals surface area contributed by atoms with Gasteiger partial charge in [-0.2, -0.15) is 0 Å². The summed E-state index contributed by atoms with van der Waals surface area (Å²) in [6.07, 6.45) is 3.83. The largest absolute Gasteiger partial charge is 0.390 e. The second-order valence-electron chi connectivity index (χ2n) is 5.27. The predicted octanol–water partition coefficient (Wildman–Crippen LogP) is 1.29. The fourth-order valence-corrected chi connectivity index (χ4v) is 3.16. The van der Waals surface area contributed by atoms with Crippen LogP contribution in [0, 0.1) is 6.92 Å². The maximum Gasteiger partial charge on any atom is 0.222 e. The van der Waals surface area contributed by atoms with Crippen molar-refractivity contribution in [3.63, 3.8) is 0 Å². The molecule has 0 radical (unpaired) electrons. The van der Waals surface area contributed by atoms with E-state index in [-0.39, 0.29) is 6.04 Å². The second kappa shape index (κ2) is 6.46. The average molecular weight is 305 g/mol. The van der Waals surface area contributed by atoms with E-state index >= 15 is 0 Å². The number of thiazole rings is 1. The molecule has 112 valence electrons. The molecule has 7 heteroatoms. The van der Waals surface area contributed by atoms with E-state index in [0.29, 0.717) is 12.5 Å². The lowest BCUT2D eigenvalue weighted by Crippen LogP contribution is -2.49. The first-order valence-corrected chi connectivity index (χ1v) is 7.93. The molecule has 0 unspecified atom stereocenters. The number of nitrogens with one attached hydrogen (secondary N) is 1. The van der Waals surface area contributed by atoms with Crippen LogP contribution in [-0.2, 0) is 6.54 Å². The zero-order valence-corrected chi connectivity index (χ0v) is 12.8. The van der Waals surface area contributed by atoms with E-state index in [4.69, 9.17) is 0 Å². The second-order valence-corrected chi connectivity index (χ2v) is 6.33. The van der Waals surface area contributed by atoms with Crippen LogP contribution in [0.3, 0.4) is 0 Å². The van der Waals surface area contributed by atoms with Crippen molar-refractivity contribution in [3.8, 4) is 0 Å². The summed E-state index contributed by atoms with van der Waals surface area (Å²) in [4.78, 5) is 15.0. The van der Waals surface area contributed by atoms with Crippen LogP contribution < -0.4 is 5.32 Å². The number of aliphatic hydroxyl groups is 1. The van der Waals surface area contributed by atoms with E-state index in [1.54, 1.807) is 29.8 Å². The van der Waals surface area contributed by atoms with Crippen LogP contribution in [0.25, 0.3) is 0 Å². The Morgan fingerprint density at radius 2 is 2.24 bits per heavy atom. The number of hydrogen-bond donors (Lipinski definition) is 2. The minimum atomic E-state index is -0.428. The molecule has 3 rings (SSSR count). The van der Waals surface area contributed by atoms with Gasteiger partial charge < -0.3 is 10.4 Å². The van der Waals surface area contributed by atoms with Gasteiger partial charge in [0.2, 0.25) is 5.95 Å². The number of likely N-dealkylation sites (tertiary alicyclic amines) is 1. The lowest BCUT2D eigenvalue weighted by atomic mass is 10.0. The number of aliphatic hydroxyl groups excluding tert-OH is 1. The minimum absolute atomic E-state index is 0.000759. The zero-order valence-electron chi connectivity index (χ0n) is 11.9. The molecule has 2 aromatic heterocycles. The van der Waals surface area contributed by atoms with Gasteiger partial charge in [0.1, 0.15) is 0 Å². The van der Waals surface area contributed by atoms with Gasteiger partial charge in [0, 0.05) is 37.4 Å². The highest BCUT2D eigenvalue weighted by molar-refractivity contribution is 7.09. The minimum Gasteiger partial charge on any atom is -0.390 e. The highest BCUT2D eigenvalue weighted by Gasteiger charge is 2.28. The summed E-state index contributed by atoms with van der Waals surface area (Å²) in [5.41, 5.74) is 1.09. The van der Waals surface area contributed by atoms with Crippen molar-refractivity contribution >= 4 is 17.3 Å². The van der Waals surface area contributed by atoms with Gasteiger partial charge in [0.05, 0.1) is 22.8 Å². The Kier molecular flexibility index (Phi) is 4.42. The molecule has 0 spiro atoms. The van der Waals surface area contributed by atoms with E-state index in [0.717, 1.165) is 30.2 Å². The number of β-amino-alcohol motifs (C(OH)–C–C–N with tert-alkyl or cyclic N) is 1. The van der Waals surface area contributed by atoms with Crippen molar-refractivity contribution in [2.24, 2.45) is 0 Å². The molecule has 0 saturated carbocycles. The van der Waals surface area contributed by atoms with E-state index in [9.17, 15) is 5.11 Å². The summed E-state index contributed by atoms with van der Waals surface area (Å²) in [5, 5.41) is 16.7. The molecule has 21 heavy (non-hydrogen) atoms. The number of piperidine rings is 1. The standard InChI is InChI=1S/C14H19N5OS/c1-10-17-11(9-21-10)7-19-6-3-12(13(20)8-19)18-14-15-4-2-5-16-14/h2,4-5,9,12-13,20H,3,6-8H2,1H3,(H,15,16,18)/t12-,13-/m1/s1. The monoisotopic (exact) mass is 305 g/mol. The summed E-state index contributed by atoms with van der Waals surface area (Å²) >= 11 is 1.67. The van der Waals surface area contributed by atoms with E-state index < -0.39 is 6.10 Å². The Balaban J connectivity index is 1.54. The molecule has 2 aromatic rings. The van der Waals surface area contributed by atoms with Gasteiger partial charge in [-0.1, -0.05) is 0 Å².